The number of piperidine rings is 3. The topological polar surface area (TPSA) is 140 Å². The van der Waals surface area contributed by atoms with E-state index in [2.05, 4.69) is 19.8 Å². The highest BCUT2D eigenvalue weighted by Crippen LogP contribution is 2.50. The number of benzene rings is 2. The van der Waals surface area contributed by atoms with E-state index in [9.17, 15) is 24.3 Å². The van der Waals surface area contributed by atoms with E-state index in [1.54, 1.807) is 16.7 Å². The molecule has 4 saturated carbocycles. The Labute approximate surface area is 368 Å². The molecule has 8 aliphatic rings. The molecular formula is C51H62N6O6. The van der Waals surface area contributed by atoms with Gasteiger partial charge in [-0.15, -0.1) is 0 Å². The lowest BCUT2D eigenvalue weighted by molar-refractivity contribution is -0.0486. The van der Waals surface area contributed by atoms with Crippen molar-refractivity contribution in [2.45, 2.75) is 183 Å². The van der Waals surface area contributed by atoms with Crippen LogP contribution in [0.15, 0.2) is 52.1 Å². The highest BCUT2D eigenvalue weighted by atomic mass is 16.5. The number of hydrogen-bond donors (Lipinski definition) is 1. The van der Waals surface area contributed by atoms with Crippen LogP contribution in [0.5, 0.6) is 5.75 Å². The van der Waals surface area contributed by atoms with Crippen LogP contribution in [0.25, 0.3) is 22.1 Å². The largest absolute Gasteiger partial charge is 0.476 e. The van der Waals surface area contributed by atoms with Gasteiger partial charge < -0.3 is 19.0 Å². The van der Waals surface area contributed by atoms with Crippen LogP contribution in [0.1, 0.15) is 168 Å². The monoisotopic (exact) mass is 854 g/mol. The molecule has 6 unspecified atom stereocenters. The van der Waals surface area contributed by atoms with Crippen molar-refractivity contribution in [1.29, 1.82) is 0 Å². The molecule has 12 nitrogen and oxygen atoms in total. The van der Waals surface area contributed by atoms with Crippen LogP contribution < -0.4 is 15.9 Å². The molecular weight excluding hydrogens is 793 g/mol. The number of fused-ring (bicyclic) bond motifs is 10. The lowest BCUT2D eigenvalue weighted by atomic mass is 9.68. The molecule has 2 aromatic heterocycles. The van der Waals surface area contributed by atoms with Crippen LogP contribution in [0.2, 0.25) is 0 Å². The third-order valence-corrected chi connectivity index (χ3v) is 17.8. The summed E-state index contributed by atoms with van der Waals surface area (Å²) >= 11 is 0. The summed E-state index contributed by atoms with van der Waals surface area (Å²) in [6, 6.07) is 15.0. The number of ether oxygens (including phenoxy) is 1. The number of aromatic nitrogens is 4. The first kappa shape index (κ1) is 40.1. The van der Waals surface area contributed by atoms with Crippen LogP contribution in [-0.4, -0.2) is 82.2 Å². The maximum Gasteiger partial charge on any atom is 0.368 e. The second-order valence-electron chi connectivity index (χ2n) is 21.4. The van der Waals surface area contributed by atoms with E-state index < -0.39 is 28.8 Å². The van der Waals surface area contributed by atoms with Gasteiger partial charge >= 0.3 is 11.9 Å². The molecule has 12 heteroatoms. The van der Waals surface area contributed by atoms with E-state index in [0.29, 0.717) is 47.3 Å². The van der Waals surface area contributed by atoms with Crippen molar-refractivity contribution in [2.75, 3.05) is 0 Å². The Kier molecular flexibility index (Phi) is 10.1. The van der Waals surface area contributed by atoms with Crippen LogP contribution >= 0.6 is 0 Å². The van der Waals surface area contributed by atoms with Crippen LogP contribution in [0, 0.1) is 23.7 Å². The van der Waals surface area contributed by atoms with Gasteiger partial charge in [0.25, 0.3) is 11.1 Å². The normalized spacial score (nSPS) is 35.4. The molecule has 63 heavy (non-hydrogen) atoms. The fourth-order valence-electron chi connectivity index (χ4n) is 15.6. The number of carbonyl (C=O) groups is 2. The molecule has 8 fully saturated rings. The second-order valence-corrected chi connectivity index (χ2v) is 21.4. The molecule has 8 bridgehead atoms. The zero-order chi connectivity index (χ0) is 42.5. The number of carboxylic acids is 1. The molecule has 1 N–H and O–H groups in total. The fraction of sp³-hybridized carbons (Fsp3) is 0.647. The summed E-state index contributed by atoms with van der Waals surface area (Å²) in [5.41, 5.74) is 0.237. The van der Waals surface area contributed by atoms with Crippen molar-refractivity contribution in [1.82, 2.24) is 28.9 Å². The van der Waals surface area contributed by atoms with Gasteiger partial charge in [0, 0.05) is 54.4 Å². The Hall–Kier alpha value is -4.42. The number of nitrogens with zero attached hydrogens (tertiary/aromatic N) is 6. The van der Waals surface area contributed by atoms with Gasteiger partial charge in [-0.2, -0.15) is 0 Å². The Morgan fingerprint density at radius 2 is 0.984 bits per heavy atom. The molecule has 4 aromatic rings. The first-order chi connectivity index (χ1) is 30.7. The molecule has 0 amide bonds. The van der Waals surface area contributed by atoms with Gasteiger partial charge in [-0.25, -0.2) is 19.6 Å². The minimum absolute atomic E-state index is 0.0629. The smallest absolute Gasteiger partial charge is 0.368 e. The first-order valence-electron chi connectivity index (χ1n) is 24.8. The van der Waals surface area contributed by atoms with Crippen molar-refractivity contribution < 1.29 is 19.4 Å². The average Bonchev–Trinajstić information content (AvgIpc) is 3.54. The van der Waals surface area contributed by atoms with Crippen LogP contribution in [-0.2, 0) is 0 Å². The zero-order valence-electron chi connectivity index (χ0n) is 36.5. The highest BCUT2D eigenvalue weighted by Gasteiger charge is 2.48. The summed E-state index contributed by atoms with van der Waals surface area (Å²) in [5, 5.41) is 10.2. The van der Waals surface area contributed by atoms with Crippen LogP contribution in [0.4, 0.5) is 0 Å². The summed E-state index contributed by atoms with van der Waals surface area (Å²) in [7, 11) is 0. The fourth-order valence-corrected chi connectivity index (χ4v) is 15.6. The van der Waals surface area contributed by atoms with Crippen molar-refractivity contribution >= 4 is 34.0 Å². The summed E-state index contributed by atoms with van der Waals surface area (Å²) in [4.78, 5) is 70.0. The molecule has 332 valence electrons. The molecule has 4 aliphatic carbocycles. The van der Waals surface area contributed by atoms with Crippen molar-refractivity contribution in [3.8, 4) is 5.75 Å². The number of aromatic carboxylic acids is 1. The lowest BCUT2D eigenvalue weighted by Crippen LogP contribution is -2.58. The molecule has 10 atom stereocenters. The Morgan fingerprint density at radius 1 is 0.508 bits per heavy atom. The number of carboxylic acid groups (broad SMARTS) is 1. The van der Waals surface area contributed by atoms with E-state index in [1.807, 2.05) is 28.8 Å². The van der Waals surface area contributed by atoms with Gasteiger partial charge in [0.05, 0.1) is 22.1 Å². The lowest BCUT2D eigenvalue weighted by Gasteiger charge is -2.55. The number of hydrogen-bond acceptors (Lipinski definition) is 9. The predicted molar refractivity (Wildman–Crippen MR) is 239 cm³/mol. The molecule has 4 aliphatic heterocycles. The maximum atomic E-state index is 14.6. The van der Waals surface area contributed by atoms with Crippen molar-refractivity contribution in [3.05, 3.63) is 74.6 Å². The zero-order valence-corrected chi connectivity index (χ0v) is 36.5. The van der Waals surface area contributed by atoms with E-state index >= 15 is 0 Å². The standard InChI is InChI=1S/C51H62N6O6/c58-48-46(50(60)61)53-43-28-41(16-17-45(43)57(48)40-26-35-14-15-36(27-40)55(35)38-22-31-8-4-9-32(19-31)23-38)63-51(62)47-49(59)56(44-13-2-1-12-42(44)52-47)39-24-33-10-5-11-34(25-39)54(33)37-20-29-6-3-7-30(18-29)21-37/h1-2,12-13,16-17,28-40H,3-11,14-15,18-27H2,(H,60,61)/t29?,30?,31?,32?,33-,34+,35-,36+,37?,38?,39?,40?. The summed E-state index contributed by atoms with van der Waals surface area (Å²) in [5.74, 6) is 1.23. The summed E-state index contributed by atoms with van der Waals surface area (Å²) in [6.45, 7) is 0. The Morgan fingerprint density at radius 3 is 1.54 bits per heavy atom. The summed E-state index contributed by atoms with van der Waals surface area (Å²) < 4.78 is 9.46. The average molecular weight is 855 g/mol. The number of esters is 1. The van der Waals surface area contributed by atoms with Gasteiger partial charge in [-0.1, -0.05) is 57.1 Å². The minimum Gasteiger partial charge on any atom is -0.476 e. The third kappa shape index (κ3) is 7.07. The minimum atomic E-state index is -1.38. The maximum absolute atomic E-state index is 14.6. The van der Waals surface area contributed by atoms with E-state index in [-0.39, 0.29) is 29.0 Å². The Bertz CT molecular complexity index is 2540. The number of para-hydroxylation sites is 2. The first-order valence-corrected chi connectivity index (χ1v) is 24.8. The van der Waals surface area contributed by atoms with Gasteiger partial charge in [0.2, 0.25) is 11.4 Å². The van der Waals surface area contributed by atoms with Gasteiger partial charge in [0.15, 0.2) is 0 Å². The quantitative estimate of drug-likeness (QED) is 0.142. The molecule has 6 heterocycles. The molecule has 12 rings (SSSR count). The van der Waals surface area contributed by atoms with Crippen molar-refractivity contribution in [2.24, 2.45) is 23.7 Å². The number of rotatable bonds is 7. The second kappa shape index (κ2) is 15.9. The molecule has 2 aromatic carbocycles. The Balaban J connectivity index is 0.823. The van der Waals surface area contributed by atoms with Gasteiger partial charge in [-0.05, 0) is 138 Å². The molecule has 4 saturated heterocycles. The van der Waals surface area contributed by atoms with Gasteiger partial charge in [0.1, 0.15) is 5.75 Å². The third-order valence-electron chi connectivity index (χ3n) is 17.8. The number of carbonyl (C=O) groups excluding carboxylic acids is 1. The van der Waals surface area contributed by atoms with Crippen LogP contribution in [0.3, 0.4) is 0 Å². The SMILES string of the molecule is O=C(O)c1nc2cc(OC(=O)c3nc4ccccc4n(C4C[C@H]5CCC[C@@H](C4)N5C4CC5CCCC(C5)C4)c3=O)ccc2n(C2C[C@H]3CC[C@@H](C2)N3C2CC3CCCC(C3)C2)c1=O. The predicted octanol–water partition coefficient (Wildman–Crippen LogP) is 8.69. The highest BCUT2D eigenvalue weighted by molar-refractivity contribution is 5.92. The van der Waals surface area contributed by atoms with E-state index in [4.69, 9.17) is 4.74 Å². The summed E-state index contributed by atoms with van der Waals surface area (Å²) in [6.07, 6.45) is 25.2. The molecule has 0 radical (unpaired) electrons. The van der Waals surface area contributed by atoms with E-state index in [0.717, 1.165) is 80.6 Å². The van der Waals surface area contributed by atoms with E-state index in [1.165, 1.54) is 89.5 Å². The van der Waals surface area contributed by atoms with Crippen molar-refractivity contribution in [3.63, 3.8) is 0 Å². The molecule has 0 spiro atoms. The van der Waals surface area contributed by atoms with Gasteiger partial charge in [-0.3, -0.25) is 19.4 Å².